The molecule has 2 amide bonds. The number of rotatable bonds is 10. The van der Waals surface area contributed by atoms with Crippen LogP contribution in [0.15, 0.2) is 70.3 Å². The highest BCUT2D eigenvalue weighted by Gasteiger charge is 2.45. The summed E-state index contributed by atoms with van der Waals surface area (Å²) in [6.45, 7) is 8.29. The van der Waals surface area contributed by atoms with Crippen molar-refractivity contribution in [3.05, 3.63) is 88.3 Å². The van der Waals surface area contributed by atoms with Crippen molar-refractivity contribution in [3.8, 4) is 0 Å². The Balaban J connectivity index is 1.47. The van der Waals surface area contributed by atoms with Crippen molar-refractivity contribution in [1.29, 1.82) is 0 Å². The first-order chi connectivity index (χ1) is 20.1. The monoisotopic (exact) mass is 571 g/mol. The number of carbonyl (C=O) groups is 2. The molecule has 42 heavy (non-hydrogen) atoms. The molecule has 3 aromatic heterocycles. The number of furan rings is 1. The van der Waals surface area contributed by atoms with E-state index in [0.29, 0.717) is 61.7 Å². The van der Waals surface area contributed by atoms with Gasteiger partial charge in [0.15, 0.2) is 0 Å². The molecule has 5 rings (SSSR count). The Hall–Kier alpha value is -4.28. The van der Waals surface area contributed by atoms with Crippen molar-refractivity contribution in [2.45, 2.75) is 47.0 Å². The van der Waals surface area contributed by atoms with Crippen LogP contribution in [0.4, 0.5) is 11.4 Å². The second kappa shape index (κ2) is 11.9. The van der Waals surface area contributed by atoms with Crippen LogP contribution in [0, 0.1) is 5.41 Å². The third-order valence-electron chi connectivity index (χ3n) is 7.94. The molecule has 220 valence electrons. The second-order valence-electron chi connectivity index (χ2n) is 11.1. The summed E-state index contributed by atoms with van der Waals surface area (Å²) in [5.41, 5.74) is 3.58. The molecule has 0 saturated heterocycles. The van der Waals surface area contributed by atoms with Gasteiger partial charge in [-0.05, 0) is 62.2 Å². The summed E-state index contributed by atoms with van der Waals surface area (Å²) in [4.78, 5) is 49.7. The fourth-order valence-corrected chi connectivity index (χ4v) is 5.57. The number of fused-ring (bicyclic) bond motifs is 2. The number of amides is 2. The van der Waals surface area contributed by atoms with Gasteiger partial charge in [0.1, 0.15) is 11.0 Å². The van der Waals surface area contributed by atoms with Crippen LogP contribution in [0.5, 0.6) is 0 Å². The van der Waals surface area contributed by atoms with Crippen molar-refractivity contribution in [3.63, 3.8) is 0 Å². The van der Waals surface area contributed by atoms with Crippen molar-refractivity contribution in [2.75, 3.05) is 37.0 Å². The van der Waals surface area contributed by atoms with Gasteiger partial charge in [-0.3, -0.25) is 24.3 Å². The first-order valence-corrected chi connectivity index (χ1v) is 14.1. The minimum atomic E-state index is -1.17. The molecule has 0 atom stereocenters. The van der Waals surface area contributed by atoms with E-state index >= 15 is 0 Å². The lowest BCUT2D eigenvalue weighted by molar-refractivity contribution is -0.137. The third kappa shape index (κ3) is 5.47. The van der Waals surface area contributed by atoms with Crippen LogP contribution < -0.4 is 15.4 Å². The topological polar surface area (TPSA) is 101 Å². The summed E-state index contributed by atoms with van der Waals surface area (Å²) in [5.74, 6) is -0.454. The zero-order chi connectivity index (χ0) is 30.0. The van der Waals surface area contributed by atoms with Crippen LogP contribution in [-0.2, 0) is 40.6 Å². The van der Waals surface area contributed by atoms with E-state index in [4.69, 9.17) is 9.15 Å². The number of anilines is 2. The number of aromatic nitrogens is 2. The largest absolute Gasteiger partial charge is 0.464 e. The molecule has 0 N–H and O–H groups in total. The van der Waals surface area contributed by atoms with E-state index in [1.54, 1.807) is 66.9 Å². The summed E-state index contributed by atoms with van der Waals surface area (Å²) < 4.78 is 12.5. The molecule has 4 heterocycles. The smallest absolute Gasteiger partial charge is 0.261 e. The minimum Gasteiger partial charge on any atom is -0.464 e. The van der Waals surface area contributed by atoms with Gasteiger partial charge in [-0.1, -0.05) is 12.1 Å². The SMILES string of the molecule is CCN1C(=O)C(C)(C)C(=O)N(C)c2cc(CN(CCn3ccc4occc4c3=O)Cc3cccnc3COC)ccc21. The quantitative estimate of drug-likeness (QED) is 0.263. The molecule has 4 aromatic rings. The fraction of sp³-hybridized carbons (Fsp3) is 0.375. The Morgan fingerprint density at radius 2 is 1.83 bits per heavy atom. The van der Waals surface area contributed by atoms with Crippen LogP contribution in [-0.4, -0.2) is 53.5 Å². The average molecular weight is 572 g/mol. The maximum absolute atomic E-state index is 13.4. The first-order valence-electron chi connectivity index (χ1n) is 14.1. The standard InChI is InChI=1S/C32H37N5O5/c1-6-37-26-10-9-22(18-27(26)34(4)30(39)32(2,3)31(37)40)19-35(20-23-8-7-13-33-25(23)21-41-5)15-16-36-14-11-28-24(29(36)38)12-17-42-28/h7-14,17-18H,6,15-16,19-21H2,1-5H3. The van der Waals surface area contributed by atoms with Crippen molar-refractivity contribution >= 4 is 34.2 Å². The van der Waals surface area contributed by atoms with Crippen molar-refractivity contribution in [2.24, 2.45) is 5.41 Å². The Bertz CT molecular complexity index is 1670. The van der Waals surface area contributed by atoms with E-state index in [1.807, 2.05) is 37.3 Å². The molecular formula is C32H37N5O5. The number of carbonyl (C=O) groups excluding carboxylic acids is 2. The molecule has 0 aliphatic carbocycles. The van der Waals surface area contributed by atoms with Gasteiger partial charge < -0.3 is 23.5 Å². The van der Waals surface area contributed by atoms with Gasteiger partial charge in [0.25, 0.3) is 5.56 Å². The van der Waals surface area contributed by atoms with Gasteiger partial charge in [-0.25, -0.2) is 0 Å². The van der Waals surface area contributed by atoms with Crippen LogP contribution >= 0.6 is 0 Å². The zero-order valence-electron chi connectivity index (χ0n) is 24.8. The lowest BCUT2D eigenvalue weighted by Crippen LogP contribution is -2.47. The number of hydrogen-bond acceptors (Lipinski definition) is 7. The number of pyridine rings is 2. The van der Waals surface area contributed by atoms with Crippen molar-refractivity contribution < 1.29 is 18.7 Å². The van der Waals surface area contributed by atoms with Gasteiger partial charge in [-0.15, -0.1) is 0 Å². The van der Waals surface area contributed by atoms with Gasteiger partial charge in [0.2, 0.25) is 11.8 Å². The van der Waals surface area contributed by atoms with Gasteiger partial charge in [-0.2, -0.15) is 0 Å². The fourth-order valence-electron chi connectivity index (χ4n) is 5.57. The van der Waals surface area contributed by atoms with Crippen LogP contribution in [0.25, 0.3) is 11.0 Å². The molecule has 1 aliphatic rings. The summed E-state index contributed by atoms with van der Waals surface area (Å²) in [5, 5.41) is 0.551. The highest BCUT2D eigenvalue weighted by molar-refractivity contribution is 6.19. The highest BCUT2D eigenvalue weighted by Crippen LogP contribution is 2.39. The van der Waals surface area contributed by atoms with Gasteiger partial charge in [0.05, 0.1) is 35.3 Å². The molecule has 0 radical (unpaired) electrons. The maximum atomic E-state index is 13.4. The van der Waals surface area contributed by atoms with Gasteiger partial charge >= 0.3 is 0 Å². The number of ether oxygens (including phenoxy) is 1. The van der Waals surface area contributed by atoms with E-state index in [1.165, 1.54) is 6.26 Å². The Labute approximate surface area is 245 Å². The minimum absolute atomic E-state index is 0.0974. The van der Waals surface area contributed by atoms with E-state index in [0.717, 1.165) is 16.8 Å². The normalized spacial score (nSPS) is 15.0. The molecule has 10 nitrogen and oxygen atoms in total. The molecule has 0 fully saturated rings. The Morgan fingerprint density at radius 1 is 1.02 bits per heavy atom. The molecule has 1 aromatic carbocycles. The number of benzene rings is 1. The first kappa shape index (κ1) is 29.2. The van der Waals surface area contributed by atoms with Gasteiger partial charge in [0, 0.05) is 59.3 Å². The van der Waals surface area contributed by atoms with E-state index < -0.39 is 5.41 Å². The highest BCUT2D eigenvalue weighted by atomic mass is 16.5. The molecule has 0 unspecified atom stereocenters. The van der Waals surface area contributed by atoms with Crippen LogP contribution in [0.1, 0.15) is 37.6 Å². The molecule has 0 spiro atoms. The van der Waals surface area contributed by atoms with E-state index in [2.05, 4.69) is 9.88 Å². The molecule has 0 bridgehead atoms. The number of methoxy groups -OCH3 is 1. The van der Waals surface area contributed by atoms with E-state index in [-0.39, 0.29) is 17.4 Å². The lowest BCUT2D eigenvalue weighted by Gasteiger charge is -2.27. The summed E-state index contributed by atoms with van der Waals surface area (Å²) in [7, 11) is 3.37. The summed E-state index contributed by atoms with van der Waals surface area (Å²) in [6, 6.07) is 13.4. The lowest BCUT2D eigenvalue weighted by atomic mass is 9.90. The Kier molecular flexibility index (Phi) is 8.29. The molecule has 10 heteroatoms. The summed E-state index contributed by atoms with van der Waals surface area (Å²) in [6.07, 6.45) is 5.04. The average Bonchev–Trinajstić information content (AvgIpc) is 3.46. The number of nitrogens with zero attached hydrogens (tertiary/aromatic N) is 5. The van der Waals surface area contributed by atoms with E-state index in [9.17, 15) is 14.4 Å². The molecule has 1 aliphatic heterocycles. The van der Waals surface area contributed by atoms with Crippen LogP contribution in [0.2, 0.25) is 0 Å². The Morgan fingerprint density at radius 3 is 2.60 bits per heavy atom. The van der Waals surface area contributed by atoms with Crippen LogP contribution in [0.3, 0.4) is 0 Å². The molecule has 0 saturated carbocycles. The maximum Gasteiger partial charge on any atom is 0.261 e. The predicted octanol–water partition coefficient (Wildman–Crippen LogP) is 4.19. The summed E-state index contributed by atoms with van der Waals surface area (Å²) >= 11 is 0. The second-order valence-corrected chi connectivity index (χ2v) is 11.1. The number of hydrogen-bond donors (Lipinski definition) is 0. The molecular weight excluding hydrogens is 534 g/mol. The van der Waals surface area contributed by atoms with Crippen molar-refractivity contribution in [1.82, 2.24) is 14.5 Å². The zero-order valence-corrected chi connectivity index (χ0v) is 24.8. The predicted molar refractivity (Wildman–Crippen MR) is 161 cm³/mol. The third-order valence-corrected chi connectivity index (χ3v) is 7.94.